The summed E-state index contributed by atoms with van der Waals surface area (Å²) >= 11 is 5.84. The largest absolute Gasteiger partial charge is 0.486 e. The summed E-state index contributed by atoms with van der Waals surface area (Å²) in [5.74, 6) is -0.999. The van der Waals surface area contributed by atoms with Gasteiger partial charge in [-0.05, 0) is 0 Å². The zero-order valence-corrected chi connectivity index (χ0v) is 8.88. The van der Waals surface area contributed by atoms with E-state index in [4.69, 9.17) is 25.8 Å². The van der Waals surface area contributed by atoms with Crippen molar-refractivity contribution in [3.63, 3.8) is 0 Å². The predicted molar refractivity (Wildman–Crippen MR) is 53.3 cm³/mol. The molecular formula is C10H11ClO4. The summed E-state index contributed by atoms with van der Waals surface area (Å²) in [6, 6.07) is 0. The molecule has 82 valence electrons. The molecule has 0 unspecified atom stereocenters. The van der Waals surface area contributed by atoms with Crippen LogP contribution in [0.3, 0.4) is 0 Å². The molecule has 0 bridgehead atoms. The quantitative estimate of drug-likeness (QED) is 0.687. The number of hydrogen-bond acceptors (Lipinski definition) is 4. The van der Waals surface area contributed by atoms with Gasteiger partial charge < -0.3 is 14.2 Å². The van der Waals surface area contributed by atoms with Crippen molar-refractivity contribution in [3.8, 4) is 0 Å². The molecule has 5 heteroatoms. The lowest BCUT2D eigenvalue weighted by Crippen LogP contribution is -2.31. The smallest absolute Gasteiger partial charge is 0.237 e. The Morgan fingerprint density at radius 3 is 2.80 bits per heavy atom. The van der Waals surface area contributed by atoms with Crippen LogP contribution in [0.2, 0.25) is 0 Å². The van der Waals surface area contributed by atoms with E-state index in [2.05, 4.69) is 6.58 Å². The summed E-state index contributed by atoms with van der Waals surface area (Å²) < 4.78 is 16.1. The van der Waals surface area contributed by atoms with Gasteiger partial charge in [-0.25, -0.2) is 0 Å². The molecular weight excluding hydrogens is 220 g/mol. The highest BCUT2D eigenvalue weighted by molar-refractivity contribution is 6.43. The molecule has 1 heterocycles. The second kappa shape index (κ2) is 3.96. The minimum atomic E-state index is -1.07. The fourth-order valence-corrected chi connectivity index (χ4v) is 1.93. The van der Waals surface area contributed by atoms with Gasteiger partial charge in [-0.1, -0.05) is 24.3 Å². The van der Waals surface area contributed by atoms with Crippen LogP contribution in [0.25, 0.3) is 0 Å². The van der Waals surface area contributed by atoms with E-state index in [-0.39, 0.29) is 29.6 Å². The summed E-state index contributed by atoms with van der Waals surface area (Å²) in [4.78, 5) is 11.5. The van der Waals surface area contributed by atoms with Crippen molar-refractivity contribution in [3.05, 3.63) is 23.4 Å². The SMILES string of the molecule is C=CCOC1=C(Cl)C(=O)CC12OCCO2. The Labute approximate surface area is 92.4 Å². The van der Waals surface area contributed by atoms with Crippen molar-refractivity contribution in [2.24, 2.45) is 0 Å². The number of rotatable bonds is 3. The molecule has 0 atom stereocenters. The molecule has 0 radical (unpaired) electrons. The van der Waals surface area contributed by atoms with Gasteiger partial charge in [0, 0.05) is 0 Å². The van der Waals surface area contributed by atoms with Crippen LogP contribution < -0.4 is 0 Å². The lowest BCUT2D eigenvalue weighted by molar-refractivity contribution is -0.156. The second-order valence-corrected chi connectivity index (χ2v) is 3.67. The first-order valence-electron chi connectivity index (χ1n) is 4.65. The second-order valence-electron chi connectivity index (χ2n) is 3.29. The first-order valence-corrected chi connectivity index (χ1v) is 5.02. The van der Waals surface area contributed by atoms with Crippen molar-refractivity contribution in [1.82, 2.24) is 0 Å². The Balaban J connectivity index is 2.26. The predicted octanol–water partition coefficient (Wildman–Crippen LogP) is 1.36. The van der Waals surface area contributed by atoms with Gasteiger partial charge in [-0.3, -0.25) is 4.79 Å². The number of halogens is 1. The van der Waals surface area contributed by atoms with E-state index in [1.807, 2.05) is 0 Å². The summed E-state index contributed by atoms with van der Waals surface area (Å²) in [5.41, 5.74) is 0. The molecule has 0 aromatic rings. The molecule has 4 nitrogen and oxygen atoms in total. The van der Waals surface area contributed by atoms with Gasteiger partial charge in [0.25, 0.3) is 0 Å². The maximum Gasteiger partial charge on any atom is 0.237 e. The van der Waals surface area contributed by atoms with Gasteiger partial charge in [0.1, 0.15) is 11.6 Å². The topological polar surface area (TPSA) is 44.8 Å². The lowest BCUT2D eigenvalue weighted by atomic mass is 10.2. The molecule has 0 N–H and O–H groups in total. The van der Waals surface area contributed by atoms with Crippen molar-refractivity contribution < 1.29 is 19.0 Å². The Hall–Kier alpha value is -0.840. The van der Waals surface area contributed by atoms with Crippen molar-refractivity contribution in [1.29, 1.82) is 0 Å². The lowest BCUT2D eigenvalue weighted by Gasteiger charge is -2.23. The maximum atomic E-state index is 11.5. The van der Waals surface area contributed by atoms with E-state index >= 15 is 0 Å². The Kier molecular flexibility index (Phi) is 2.82. The third kappa shape index (κ3) is 1.69. The molecule has 1 aliphatic heterocycles. The van der Waals surface area contributed by atoms with E-state index in [1.165, 1.54) is 0 Å². The Morgan fingerprint density at radius 1 is 1.53 bits per heavy atom. The number of hydrogen-bond donors (Lipinski definition) is 0. The van der Waals surface area contributed by atoms with Crippen LogP contribution in [0.4, 0.5) is 0 Å². The van der Waals surface area contributed by atoms with E-state index in [0.29, 0.717) is 13.2 Å². The highest BCUT2D eigenvalue weighted by Gasteiger charge is 2.51. The summed E-state index contributed by atoms with van der Waals surface area (Å²) in [6.07, 6.45) is 1.67. The molecule has 1 fully saturated rings. The Bertz CT molecular complexity index is 328. The molecule has 0 saturated carbocycles. The van der Waals surface area contributed by atoms with Gasteiger partial charge in [-0.15, -0.1) is 0 Å². The Morgan fingerprint density at radius 2 is 2.20 bits per heavy atom. The number of allylic oxidation sites excluding steroid dienone is 1. The van der Waals surface area contributed by atoms with E-state index < -0.39 is 5.79 Å². The van der Waals surface area contributed by atoms with Gasteiger partial charge in [-0.2, -0.15) is 0 Å². The van der Waals surface area contributed by atoms with E-state index in [9.17, 15) is 4.79 Å². The summed E-state index contributed by atoms with van der Waals surface area (Å²) in [5, 5.41) is 0.0683. The summed E-state index contributed by atoms with van der Waals surface area (Å²) in [7, 11) is 0. The highest BCUT2D eigenvalue weighted by Crippen LogP contribution is 2.42. The molecule has 1 aliphatic carbocycles. The average molecular weight is 231 g/mol. The zero-order chi connectivity index (χ0) is 10.9. The van der Waals surface area contributed by atoms with Gasteiger partial charge in [0.2, 0.25) is 5.79 Å². The third-order valence-electron chi connectivity index (χ3n) is 2.28. The van der Waals surface area contributed by atoms with Gasteiger partial charge in [0.15, 0.2) is 11.5 Å². The van der Waals surface area contributed by atoms with E-state index in [0.717, 1.165) is 0 Å². The van der Waals surface area contributed by atoms with Crippen LogP contribution in [0, 0.1) is 0 Å². The minimum Gasteiger partial charge on any atom is -0.486 e. The molecule has 2 rings (SSSR count). The first-order chi connectivity index (χ1) is 7.19. The van der Waals surface area contributed by atoms with Crippen LogP contribution in [0.5, 0.6) is 0 Å². The van der Waals surface area contributed by atoms with Crippen molar-refractivity contribution in [2.45, 2.75) is 12.2 Å². The minimum absolute atomic E-state index is 0.0683. The summed E-state index contributed by atoms with van der Waals surface area (Å²) in [6.45, 7) is 4.68. The number of ether oxygens (including phenoxy) is 3. The standard InChI is InChI=1S/C10H11ClO4/c1-2-3-13-9-8(11)7(12)6-10(9)14-4-5-15-10/h2H,1,3-6H2. The molecule has 2 aliphatic rings. The van der Waals surface area contributed by atoms with Crippen LogP contribution in [-0.4, -0.2) is 31.4 Å². The normalized spacial score (nSPS) is 23.9. The highest BCUT2D eigenvalue weighted by atomic mass is 35.5. The van der Waals surface area contributed by atoms with Crippen LogP contribution in [-0.2, 0) is 19.0 Å². The fraction of sp³-hybridized carbons (Fsp3) is 0.500. The molecule has 0 amide bonds. The third-order valence-corrected chi connectivity index (χ3v) is 2.67. The number of carbonyl (C=O) groups excluding carboxylic acids is 1. The molecule has 15 heavy (non-hydrogen) atoms. The van der Waals surface area contributed by atoms with Gasteiger partial charge >= 0.3 is 0 Å². The number of ketones is 1. The first kappa shape index (κ1) is 10.7. The van der Waals surface area contributed by atoms with Crippen LogP contribution in [0.1, 0.15) is 6.42 Å². The molecule has 1 saturated heterocycles. The average Bonchev–Trinajstić information content (AvgIpc) is 2.75. The molecule has 0 aromatic carbocycles. The van der Waals surface area contributed by atoms with Crippen LogP contribution in [0.15, 0.2) is 23.4 Å². The number of carbonyl (C=O) groups is 1. The van der Waals surface area contributed by atoms with E-state index in [1.54, 1.807) is 6.08 Å². The van der Waals surface area contributed by atoms with Crippen LogP contribution >= 0.6 is 11.6 Å². The van der Waals surface area contributed by atoms with Crippen molar-refractivity contribution in [2.75, 3.05) is 19.8 Å². The number of Topliss-reactive ketones (excluding diaryl/α,β-unsaturated/α-hetero) is 1. The fourth-order valence-electron chi connectivity index (χ4n) is 1.67. The monoisotopic (exact) mass is 230 g/mol. The van der Waals surface area contributed by atoms with Gasteiger partial charge in [0.05, 0.1) is 19.6 Å². The zero-order valence-electron chi connectivity index (χ0n) is 8.12. The molecule has 0 aromatic heterocycles. The molecule has 1 spiro atoms. The maximum absolute atomic E-state index is 11.5. The van der Waals surface area contributed by atoms with Crippen molar-refractivity contribution >= 4 is 17.4 Å².